The Morgan fingerprint density at radius 1 is 1.00 bits per heavy atom. The number of alkyl halides is 3. The summed E-state index contributed by atoms with van der Waals surface area (Å²) in [4.78, 5) is 12.6. The summed E-state index contributed by atoms with van der Waals surface area (Å²) in [5.74, 6) is 0.513. The van der Waals surface area contributed by atoms with Crippen LogP contribution in [0.3, 0.4) is 0 Å². The van der Waals surface area contributed by atoms with Gasteiger partial charge in [-0.05, 0) is 37.3 Å². The number of carbonyl (C=O) groups is 1. The largest absolute Gasteiger partial charge is 0.493 e. The minimum absolute atomic E-state index is 0.340. The number of methoxy groups -OCH3 is 2. The molecule has 0 radical (unpaired) electrons. The third-order valence-electron chi connectivity index (χ3n) is 3.61. The molecule has 0 aliphatic rings. The van der Waals surface area contributed by atoms with Crippen LogP contribution in [-0.4, -0.2) is 30.1 Å². The predicted octanol–water partition coefficient (Wildman–Crippen LogP) is 4.55. The van der Waals surface area contributed by atoms with Crippen LogP contribution < -0.4 is 20.1 Å². The van der Waals surface area contributed by atoms with Crippen LogP contribution in [0.1, 0.15) is 15.9 Å². The number of amides is 1. The van der Waals surface area contributed by atoms with E-state index in [2.05, 4.69) is 10.6 Å². The number of hydrogen-bond acceptors (Lipinski definition) is 4. The fourth-order valence-corrected chi connectivity index (χ4v) is 2.54. The average Bonchev–Trinajstić information content (AvgIpc) is 2.61. The highest BCUT2D eigenvalue weighted by molar-refractivity contribution is 6.68. The SMILES string of the molecule is COc1ccc(C(=O)N[C@H](Nc2ccc(C)cc2)C(Cl)(Cl)Cl)cc1OC. The summed E-state index contributed by atoms with van der Waals surface area (Å²) in [6, 6.07) is 12.3. The van der Waals surface area contributed by atoms with Crippen molar-refractivity contribution in [3.8, 4) is 11.5 Å². The second-order valence-corrected chi connectivity index (χ2v) is 7.90. The summed E-state index contributed by atoms with van der Waals surface area (Å²) in [6.45, 7) is 1.97. The molecule has 2 rings (SSSR count). The highest BCUT2D eigenvalue weighted by Gasteiger charge is 2.34. The lowest BCUT2D eigenvalue weighted by Gasteiger charge is -2.27. The topological polar surface area (TPSA) is 59.6 Å². The minimum Gasteiger partial charge on any atom is -0.493 e. The molecule has 26 heavy (non-hydrogen) atoms. The van der Waals surface area contributed by atoms with Crippen molar-refractivity contribution in [2.24, 2.45) is 0 Å². The number of halogens is 3. The van der Waals surface area contributed by atoms with Gasteiger partial charge >= 0.3 is 0 Å². The Bertz CT molecular complexity index is 761. The smallest absolute Gasteiger partial charge is 0.253 e. The molecule has 0 heterocycles. The van der Waals surface area contributed by atoms with Crippen molar-refractivity contribution in [1.82, 2.24) is 5.32 Å². The summed E-state index contributed by atoms with van der Waals surface area (Å²) in [7, 11) is 3.00. The van der Waals surface area contributed by atoms with E-state index in [4.69, 9.17) is 44.3 Å². The third kappa shape index (κ3) is 5.34. The van der Waals surface area contributed by atoms with Crippen molar-refractivity contribution in [2.75, 3.05) is 19.5 Å². The number of anilines is 1. The molecule has 0 saturated carbocycles. The molecule has 0 aliphatic carbocycles. The van der Waals surface area contributed by atoms with Crippen LogP contribution in [0.4, 0.5) is 5.69 Å². The first kappa shape index (κ1) is 20.5. The fraction of sp³-hybridized carbons (Fsp3) is 0.278. The molecule has 1 amide bonds. The number of aryl methyl sites for hydroxylation is 1. The molecule has 2 aromatic rings. The maximum Gasteiger partial charge on any atom is 0.253 e. The first-order valence-corrected chi connectivity index (χ1v) is 8.81. The number of hydrogen-bond donors (Lipinski definition) is 2. The van der Waals surface area contributed by atoms with Crippen molar-refractivity contribution in [3.63, 3.8) is 0 Å². The van der Waals surface area contributed by atoms with E-state index in [1.165, 1.54) is 14.2 Å². The van der Waals surface area contributed by atoms with E-state index in [-0.39, 0.29) is 0 Å². The predicted molar refractivity (Wildman–Crippen MR) is 106 cm³/mol. The monoisotopic (exact) mass is 416 g/mol. The molecule has 5 nitrogen and oxygen atoms in total. The zero-order valence-corrected chi connectivity index (χ0v) is 16.7. The molecule has 0 saturated heterocycles. The number of carbonyl (C=O) groups excluding carboxylic acids is 1. The zero-order valence-electron chi connectivity index (χ0n) is 14.5. The zero-order chi connectivity index (χ0) is 19.3. The van der Waals surface area contributed by atoms with Gasteiger partial charge in [-0.3, -0.25) is 4.79 Å². The van der Waals surface area contributed by atoms with Gasteiger partial charge in [-0.25, -0.2) is 0 Å². The highest BCUT2D eigenvalue weighted by Crippen LogP contribution is 2.32. The van der Waals surface area contributed by atoms with E-state index in [0.29, 0.717) is 22.7 Å². The summed E-state index contributed by atoms with van der Waals surface area (Å²) >= 11 is 18.1. The number of nitrogens with one attached hydrogen (secondary N) is 2. The molecule has 0 aliphatic heterocycles. The summed E-state index contributed by atoms with van der Waals surface area (Å²) in [5.41, 5.74) is 2.14. The molecular weight excluding hydrogens is 399 g/mol. The Morgan fingerprint density at radius 3 is 2.15 bits per heavy atom. The first-order chi connectivity index (χ1) is 12.2. The molecular formula is C18H19Cl3N2O3. The molecule has 1 atom stereocenters. The van der Waals surface area contributed by atoms with Crippen LogP contribution in [0.15, 0.2) is 42.5 Å². The van der Waals surface area contributed by atoms with Crippen molar-refractivity contribution in [3.05, 3.63) is 53.6 Å². The molecule has 0 aromatic heterocycles. The van der Waals surface area contributed by atoms with Crippen LogP contribution in [0.5, 0.6) is 11.5 Å². The van der Waals surface area contributed by atoms with Crippen LogP contribution in [0.25, 0.3) is 0 Å². The second-order valence-electron chi connectivity index (χ2n) is 5.53. The van der Waals surface area contributed by atoms with E-state index in [1.807, 2.05) is 31.2 Å². The van der Waals surface area contributed by atoms with Gasteiger partial charge in [0.05, 0.1) is 14.2 Å². The summed E-state index contributed by atoms with van der Waals surface area (Å²) in [6.07, 6.45) is -0.948. The lowest BCUT2D eigenvalue weighted by Crippen LogP contribution is -2.49. The van der Waals surface area contributed by atoms with E-state index in [1.54, 1.807) is 18.2 Å². The number of benzene rings is 2. The van der Waals surface area contributed by atoms with Gasteiger partial charge in [0.25, 0.3) is 5.91 Å². The number of rotatable bonds is 6. The summed E-state index contributed by atoms with van der Waals surface area (Å²) in [5, 5.41) is 5.70. The lowest BCUT2D eigenvalue weighted by molar-refractivity contribution is 0.0941. The van der Waals surface area contributed by atoms with E-state index >= 15 is 0 Å². The molecule has 2 N–H and O–H groups in total. The van der Waals surface area contributed by atoms with Gasteiger partial charge < -0.3 is 20.1 Å². The first-order valence-electron chi connectivity index (χ1n) is 7.67. The Morgan fingerprint density at radius 2 is 1.62 bits per heavy atom. The lowest BCUT2D eigenvalue weighted by atomic mass is 10.2. The van der Waals surface area contributed by atoms with Crippen molar-refractivity contribution >= 4 is 46.4 Å². The average molecular weight is 418 g/mol. The van der Waals surface area contributed by atoms with Gasteiger partial charge in [-0.2, -0.15) is 0 Å². The van der Waals surface area contributed by atoms with Crippen LogP contribution in [-0.2, 0) is 0 Å². The number of ether oxygens (including phenoxy) is 2. The molecule has 8 heteroatoms. The van der Waals surface area contributed by atoms with E-state index in [9.17, 15) is 4.79 Å². The van der Waals surface area contributed by atoms with Gasteiger partial charge in [-0.1, -0.05) is 52.5 Å². The Hall–Kier alpha value is -1.82. The highest BCUT2D eigenvalue weighted by atomic mass is 35.6. The molecule has 0 unspecified atom stereocenters. The molecule has 0 fully saturated rings. The van der Waals surface area contributed by atoms with Crippen molar-refractivity contribution < 1.29 is 14.3 Å². The van der Waals surface area contributed by atoms with E-state index in [0.717, 1.165) is 5.56 Å². The molecule has 140 valence electrons. The van der Waals surface area contributed by atoms with Crippen molar-refractivity contribution in [1.29, 1.82) is 0 Å². The van der Waals surface area contributed by atoms with Gasteiger partial charge in [0, 0.05) is 11.3 Å². The van der Waals surface area contributed by atoms with Crippen LogP contribution in [0, 0.1) is 6.92 Å². The van der Waals surface area contributed by atoms with Gasteiger partial charge in [-0.15, -0.1) is 0 Å². The minimum atomic E-state index is -1.77. The molecule has 2 aromatic carbocycles. The summed E-state index contributed by atoms with van der Waals surface area (Å²) < 4.78 is 8.60. The fourth-order valence-electron chi connectivity index (χ4n) is 2.21. The maximum absolute atomic E-state index is 12.6. The maximum atomic E-state index is 12.6. The van der Waals surface area contributed by atoms with Gasteiger partial charge in [0.2, 0.25) is 3.79 Å². The Balaban J connectivity index is 2.20. The Kier molecular flexibility index (Phi) is 6.87. The van der Waals surface area contributed by atoms with Crippen LogP contribution >= 0.6 is 34.8 Å². The van der Waals surface area contributed by atoms with Crippen molar-refractivity contribution in [2.45, 2.75) is 16.9 Å². The molecule has 0 bridgehead atoms. The van der Waals surface area contributed by atoms with Gasteiger partial charge in [0.15, 0.2) is 11.5 Å². The quantitative estimate of drug-likeness (QED) is 0.535. The standard InChI is InChI=1S/C18H19Cl3N2O3/c1-11-4-7-13(8-5-11)22-17(18(19,20)21)23-16(24)12-6-9-14(25-2)15(10-12)26-3/h4-10,17,22H,1-3H3,(H,23,24)/t17-/m0/s1. The normalized spacial score (nSPS) is 12.2. The second kappa shape index (κ2) is 8.71. The van der Waals surface area contributed by atoms with Crippen LogP contribution in [0.2, 0.25) is 0 Å². The third-order valence-corrected chi connectivity index (χ3v) is 4.27. The Labute approximate surface area is 167 Å². The molecule has 0 spiro atoms. The van der Waals surface area contributed by atoms with E-state index < -0.39 is 15.9 Å². The van der Waals surface area contributed by atoms with Gasteiger partial charge in [0.1, 0.15) is 6.17 Å².